The van der Waals surface area contributed by atoms with Crippen LogP contribution < -0.4 is 5.32 Å². The molecule has 120 valence electrons. The third-order valence-electron chi connectivity index (χ3n) is 4.64. The van der Waals surface area contributed by atoms with Gasteiger partial charge in [0.2, 0.25) is 0 Å². The SMILES string of the molecule is CCC(NCC(C(C)C)N1CCN(C)CC1)c1cccs1. The van der Waals surface area contributed by atoms with Crippen LogP contribution in [0.2, 0.25) is 0 Å². The summed E-state index contributed by atoms with van der Waals surface area (Å²) in [4.78, 5) is 6.58. The highest BCUT2D eigenvalue weighted by Crippen LogP contribution is 2.22. The Kier molecular flexibility index (Phi) is 6.68. The van der Waals surface area contributed by atoms with Gasteiger partial charge in [-0.15, -0.1) is 11.3 Å². The summed E-state index contributed by atoms with van der Waals surface area (Å²) in [6.07, 6.45) is 1.16. The predicted octanol–water partition coefficient (Wildman–Crippen LogP) is 3.06. The maximum Gasteiger partial charge on any atom is 0.0412 e. The lowest BCUT2D eigenvalue weighted by Gasteiger charge is -2.40. The van der Waals surface area contributed by atoms with Gasteiger partial charge in [-0.2, -0.15) is 0 Å². The summed E-state index contributed by atoms with van der Waals surface area (Å²) in [6, 6.07) is 5.57. The summed E-state index contributed by atoms with van der Waals surface area (Å²) in [5.41, 5.74) is 0. The van der Waals surface area contributed by atoms with Gasteiger partial charge in [0.05, 0.1) is 0 Å². The standard InChI is InChI=1S/C17H31N3S/c1-5-15(17-7-6-12-21-17)18-13-16(14(2)3)20-10-8-19(4)9-11-20/h6-7,12,14-16,18H,5,8-11,13H2,1-4H3. The zero-order chi connectivity index (χ0) is 15.2. The van der Waals surface area contributed by atoms with Crippen molar-refractivity contribution in [2.24, 2.45) is 5.92 Å². The van der Waals surface area contributed by atoms with Gasteiger partial charge in [0.1, 0.15) is 0 Å². The lowest BCUT2D eigenvalue weighted by molar-refractivity contribution is 0.0859. The number of nitrogens with one attached hydrogen (secondary N) is 1. The lowest BCUT2D eigenvalue weighted by atomic mass is 10.0. The number of likely N-dealkylation sites (N-methyl/N-ethyl adjacent to an activating group) is 1. The largest absolute Gasteiger partial charge is 0.308 e. The summed E-state index contributed by atoms with van der Waals surface area (Å²) in [7, 11) is 2.23. The average molecular weight is 310 g/mol. The van der Waals surface area contributed by atoms with Crippen LogP contribution in [-0.2, 0) is 0 Å². The monoisotopic (exact) mass is 309 g/mol. The van der Waals surface area contributed by atoms with E-state index in [2.05, 4.69) is 60.4 Å². The van der Waals surface area contributed by atoms with Crippen molar-refractivity contribution in [3.63, 3.8) is 0 Å². The first-order valence-corrected chi connectivity index (χ1v) is 9.19. The van der Waals surface area contributed by atoms with Gasteiger partial charge in [0.25, 0.3) is 0 Å². The highest BCUT2D eigenvalue weighted by molar-refractivity contribution is 7.10. The fraction of sp³-hybridized carbons (Fsp3) is 0.765. The van der Waals surface area contributed by atoms with E-state index in [1.54, 1.807) is 0 Å². The molecule has 0 spiro atoms. The van der Waals surface area contributed by atoms with Crippen LogP contribution in [-0.4, -0.2) is 55.6 Å². The number of nitrogens with zero attached hydrogens (tertiary/aromatic N) is 2. The first kappa shape index (κ1) is 16.9. The molecule has 2 heterocycles. The molecule has 0 radical (unpaired) electrons. The lowest BCUT2D eigenvalue weighted by Crippen LogP contribution is -2.53. The molecule has 1 aromatic rings. The molecule has 1 aliphatic rings. The Labute approximate surface area is 134 Å². The molecule has 21 heavy (non-hydrogen) atoms. The van der Waals surface area contributed by atoms with E-state index in [0.717, 1.165) is 13.0 Å². The molecule has 0 bridgehead atoms. The normalized spacial score (nSPS) is 20.8. The van der Waals surface area contributed by atoms with Crippen molar-refractivity contribution in [3.8, 4) is 0 Å². The molecule has 2 rings (SSSR count). The van der Waals surface area contributed by atoms with Crippen LogP contribution in [0.3, 0.4) is 0 Å². The smallest absolute Gasteiger partial charge is 0.0412 e. The Balaban J connectivity index is 1.90. The zero-order valence-corrected chi connectivity index (χ0v) is 14.8. The van der Waals surface area contributed by atoms with Gasteiger partial charge in [0.15, 0.2) is 0 Å². The van der Waals surface area contributed by atoms with Crippen molar-refractivity contribution in [3.05, 3.63) is 22.4 Å². The van der Waals surface area contributed by atoms with E-state index < -0.39 is 0 Å². The first-order valence-electron chi connectivity index (χ1n) is 8.31. The van der Waals surface area contributed by atoms with Crippen molar-refractivity contribution in [2.75, 3.05) is 39.8 Å². The third kappa shape index (κ3) is 4.78. The number of hydrogen-bond donors (Lipinski definition) is 1. The van der Waals surface area contributed by atoms with Crippen molar-refractivity contribution >= 4 is 11.3 Å². The highest BCUT2D eigenvalue weighted by atomic mass is 32.1. The molecular weight excluding hydrogens is 278 g/mol. The minimum absolute atomic E-state index is 0.513. The number of rotatable bonds is 7. The Morgan fingerprint density at radius 3 is 2.48 bits per heavy atom. The summed E-state index contributed by atoms with van der Waals surface area (Å²) < 4.78 is 0. The fourth-order valence-electron chi connectivity index (χ4n) is 3.14. The van der Waals surface area contributed by atoms with Crippen molar-refractivity contribution in [1.29, 1.82) is 0 Å². The Morgan fingerprint density at radius 2 is 1.95 bits per heavy atom. The molecule has 2 unspecified atom stereocenters. The quantitative estimate of drug-likeness (QED) is 0.835. The maximum atomic E-state index is 3.82. The molecule has 1 aromatic heterocycles. The molecule has 0 saturated carbocycles. The van der Waals surface area contributed by atoms with Gasteiger partial charge >= 0.3 is 0 Å². The van der Waals surface area contributed by atoms with Crippen molar-refractivity contribution in [2.45, 2.75) is 39.3 Å². The molecule has 0 aromatic carbocycles. The zero-order valence-electron chi connectivity index (χ0n) is 14.0. The van der Waals surface area contributed by atoms with E-state index in [1.165, 1.54) is 31.1 Å². The maximum absolute atomic E-state index is 3.82. The van der Waals surface area contributed by atoms with Crippen LogP contribution in [0.1, 0.15) is 38.1 Å². The molecule has 1 saturated heterocycles. The van der Waals surface area contributed by atoms with E-state index in [9.17, 15) is 0 Å². The average Bonchev–Trinajstić information content (AvgIpc) is 2.99. The Morgan fingerprint density at radius 1 is 1.24 bits per heavy atom. The molecule has 4 heteroatoms. The molecule has 0 aliphatic carbocycles. The first-order chi connectivity index (χ1) is 10.1. The minimum Gasteiger partial charge on any atom is -0.308 e. The van der Waals surface area contributed by atoms with Crippen LogP contribution in [0.5, 0.6) is 0 Å². The molecule has 1 N–H and O–H groups in total. The summed E-state index contributed by atoms with van der Waals surface area (Å²) >= 11 is 1.87. The van der Waals surface area contributed by atoms with E-state index in [0.29, 0.717) is 18.0 Å². The molecule has 2 atom stereocenters. The second kappa shape index (κ2) is 8.28. The number of piperazine rings is 1. The van der Waals surface area contributed by atoms with Crippen LogP contribution in [0.25, 0.3) is 0 Å². The minimum atomic E-state index is 0.513. The van der Waals surface area contributed by atoms with Gasteiger partial charge in [-0.05, 0) is 30.8 Å². The molecule has 3 nitrogen and oxygen atoms in total. The fourth-order valence-corrected chi connectivity index (χ4v) is 4.02. The van der Waals surface area contributed by atoms with Gasteiger partial charge in [-0.25, -0.2) is 0 Å². The second-order valence-corrected chi connectivity index (χ2v) is 7.51. The topological polar surface area (TPSA) is 18.5 Å². The van der Waals surface area contributed by atoms with Crippen molar-refractivity contribution in [1.82, 2.24) is 15.1 Å². The number of hydrogen-bond acceptors (Lipinski definition) is 4. The molecule has 1 fully saturated rings. The second-order valence-electron chi connectivity index (χ2n) is 6.54. The predicted molar refractivity (Wildman–Crippen MR) is 93.0 cm³/mol. The highest BCUT2D eigenvalue weighted by Gasteiger charge is 2.25. The summed E-state index contributed by atoms with van der Waals surface area (Å²) in [5.74, 6) is 0.696. The van der Waals surface area contributed by atoms with Crippen LogP contribution >= 0.6 is 11.3 Å². The van der Waals surface area contributed by atoms with E-state index in [-0.39, 0.29) is 0 Å². The van der Waals surface area contributed by atoms with E-state index >= 15 is 0 Å². The summed E-state index contributed by atoms with van der Waals surface area (Å²) in [6.45, 7) is 12.9. The van der Waals surface area contributed by atoms with Gasteiger partial charge in [0, 0.05) is 49.7 Å². The van der Waals surface area contributed by atoms with E-state index in [1.807, 2.05) is 11.3 Å². The van der Waals surface area contributed by atoms with Crippen LogP contribution in [0.4, 0.5) is 0 Å². The Bertz CT molecular complexity index is 383. The third-order valence-corrected chi connectivity index (χ3v) is 5.63. The molecule has 1 aliphatic heterocycles. The molecular formula is C17H31N3S. The van der Waals surface area contributed by atoms with Crippen molar-refractivity contribution < 1.29 is 0 Å². The van der Waals surface area contributed by atoms with E-state index in [4.69, 9.17) is 0 Å². The van der Waals surface area contributed by atoms with Crippen LogP contribution in [0, 0.1) is 5.92 Å². The number of thiophene rings is 1. The van der Waals surface area contributed by atoms with Gasteiger partial charge in [-0.3, -0.25) is 4.90 Å². The Hall–Kier alpha value is -0.420. The summed E-state index contributed by atoms with van der Waals surface area (Å²) in [5, 5.41) is 6.00. The van der Waals surface area contributed by atoms with Gasteiger partial charge in [-0.1, -0.05) is 26.8 Å². The van der Waals surface area contributed by atoms with Crippen LogP contribution in [0.15, 0.2) is 17.5 Å². The van der Waals surface area contributed by atoms with Gasteiger partial charge < -0.3 is 10.2 Å². The molecule has 0 amide bonds.